The number of thiazole rings is 1. The lowest BCUT2D eigenvalue weighted by molar-refractivity contribution is -0.119. The molecule has 1 aromatic heterocycles. The molecule has 0 fully saturated rings. The molecule has 0 unspecified atom stereocenters. The number of ether oxygens (including phenoxy) is 1. The fourth-order valence-electron chi connectivity index (χ4n) is 2.39. The van der Waals surface area contributed by atoms with Crippen LogP contribution in [0.15, 0.2) is 54.6 Å². The van der Waals surface area contributed by atoms with Crippen LogP contribution in [0.5, 0.6) is 0 Å². The lowest BCUT2D eigenvalue weighted by Gasteiger charge is -2.08. The van der Waals surface area contributed by atoms with Gasteiger partial charge in [0, 0.05) is 11.3 Å². The second-order valence-electron chi connectivity index (χ2n) is 5.74. The summed E-state index contributed by atoms with van der Waals surface area (Å²) in [7, 11) is 0. The molecule has 1 heterocycles. The van der Waals surface area contributed by atoms with Crippen molar-refractivity contribution in [3.63, 3.8) is 0 Å². The molecule has 3 rings (SSSR count). The highest BCUT2D eigenvalue weighted by Gasteiger charge is 2.18. The standard InChI is InChI=1S/C20H18N2O3S/c1-13-8-6-7-11-16(13)22-17(23)12-25-20(24)18-14(2)21-19(26-18)15-9-4-3-5-10-15/h3-11H,12H2,1-2H3,(H,22,23). The van der Waals surface area contributed by atoms with Gasteiger partial charge in [-0.25, -0.2) is 9.78 Å². The first kappa shape index (κ1) is 17.8. The number of amides is 1. The van der Waals surface area contributed by atoms with Crippen LogP contribution in [0.1, 0.15) is 20.9 Å². The molecule has 1 N–H and O–H groups in total. The van der Waals surface area contributed by atoms with Gasteiger partial charge in [-0.15, -0.1) is 11.3 Å². The van der Waals surface area contributed by atoms with Crippen molar-refractivity contribution in [1.82, 2.24) is 4.98 Å². The highest BCUT2D eigenvalue weighted by Crippen LogP contribution is 2.28. The Morgan fingerprint density at radius 3 is 2.46 bits per heavy atom. The van der Waals surface area contributed by atoms with Crippen LogP contribution < -0.4 is 5.32 Å². The van der Waals surface area contributed by atoms with Gasteiger partial charge in [-0.05, 0) is 25.5 Å². The number of hydrogen-bond donors (Lipinski definition) is 1. The lowest BCUT2D eigenvalue weighted by atomic mass is 10.2. The number of nitrogens with one attached hydrogen (secondary N) is 1. The van der Waals surface area contributed by atoms with E-state index in [-0.39, 0.29) is 12.5 Å². The van der Waals surface area contributed by atoms with Crippen molar-refractivity contribution < 1.29 is 14.3 Å². The van der Waals surface area contributed by atoms with Crippen molar-refractivity contribution in [1.29, 1.82) is 0 Å². The fourth-order valence-corrected chi connectivity index (χ4v) is 3.35. The van der Waals surface area contributed by atoms with Crippen LogP contribution in [0.2, 0.25) is 0 Å². The number of esters is 1. The maximum atomic E-state index is 12.3. The fraction of sp³-hybridized carbons (Fsp3) is 0.150. The van der Waals surface area contributed by atoms with E-state index in [2.05, 4.69) is 10.3 Å². The summed E-state index contributed by atoms with van der Waals surface area (Å²) in [4.78, 5) is 29.1. The van der Waals surface area contributed by atoms with Gasteiger partial charge in [0.2, 0.25) is 0 Å². The maximum Gasteiger partial charge on any atom is 0.350 e. The van der Waals surface area contributed by atoms with Crippen LogP contribution in [0.3, 0.4) is 0 Å². The summed E-state index contributed by atoms with van der Waals surface area (Å²) in [5.74, 6) is -0.916. The average Bonchev–Trinajstić information content (AvgIpc) is 3.04. The first-order valence-corrected chi connectivity index (χ1v) is 8.91. The molecular formula is C20H18N2O3S. The smallest absolute Gasteiger partial charge is 0.350 e. The highest BCUT2D eigenvalue weighted by molar-refractivity contribution is 7.17. The molecule has 2 aromatic carbocycles. The third kappa shape index (κ3) is 4.15. The summed E-state index contributed by atoms with van der Waals surface area (Å²) in [6, 6.07) is 17.0. The van der Waals surface area contributed by atoms with Crippen LogP contribution in [0.4, 0.5) is 5.69 Å². The van der Waals surface area contributed by atoms with Gasteiger partial charge in [0.05, 0.1) is 5.69 Å². The zero-order valence-electron chi connectivity index (χ0n) is 14.5. The first-order chi connectivity index (χ1) is 12.5. The zero-order valence-corrected chi connectivity index (χ0v) is 15.3. The molecule has 0 radical (unpaired) electrons. The van der Waals surface area contributed by atoms with Crippen molar-refractivity contribution in [3.8, 4) is 10.6 Å². The van der Waals surface area contributed by atoms with Gasteiger partial charge in [-0.3, -0.25) is 4.79 Å². The summed E-state index contributed by atoms with van der Waals surface area (Å²) in [6.07, 6.45) is 0. The Kier molecular flexibility index (Phi) is 5.43. The molecule has 5 nitrogen and oxygen atoms in total. The first-order valence-electron chi connectivity index (χ1n) is 8.10. The SMILES string of the molecule is Cc1ccccc1NC(=O)COC(=O)c1sc(-c2ccccc2)nc1C. The monoisotopic (exact) mass is 366 g/mol. The van der Waals surface area contributed by atoms with E-state index in [0.29, 0.717) is 16.3 Å². The molecule has 26 heavy (non-hydrogen) atoms. The third-order valence-electron chi connectivity index (χ3n) is 3.76. The maximum absolute atomic E-state index is 12.3. The molecule has 0 spiro atoms. The average molecular weight is 366 g/mol. The molecule has 132 valence electrons. The minimum atomic E-state index is -0.540. The molecule has 0 aliphatic rings. The molecule has 0 aliphatic carbocycles. The summed E-state index contributed by atoms with van der Waals surface area (Å²) < 4.78 is 5.15. The number of nitrogens with zero attached hydrogens (tertiary/aromatic N) is 1. The predicted molar refractivity (Wildman–Crippen MR) is 102 cm³/mol. The number of hydrogen-bond acceptors (Lipinski definition) is 5. The normalized spacial score (nSPS) is 10.4. The number of carbonyl (C=O) groups excluding carboxylic acids is 2. The van der Waals surface area contributed by atoms with Gasteiger partial charge >= 0.3 is 5.97 Å². The Hall–Kier alpha value is -2.99. The van der Waals surface area contributed by atoms with E-state index in [0.717, 1.165) is 16.1 Å². The van der Waals surface area contributed by atoms with Crippen molar-refractivity contribution in [3.05, 3.63) is 70.7 Å². The van der Waals surface area contributed by atoms with Crippen LogP contribution in [0.25, 0.3) is 10.6 Å². The van der Waals surface area contributed by atoms with Gasteiger partial charge in [0.25, 0.3) is 5.91 Å². The van der Waals surface area contributed by atoms with Crippen molar-refractivity contribution in [2.45, 2.75) is 13.8 Å². The molecule has 0 saturated carbocycles. The van der Waals surface area contributed by atoms with Crippen LogP contribution in [0, 0.1) is 13.8 Å². The molecule has 0 aliphatic heterocycles. The number of aromatic nitrogens is 1. The van der Waals surface area contributed by atoms with E-state index in [1.807, 2.05) is 55.5 Å². The molecule has 0 bridgehead atoms. The number of aryl methyl sites for hydroxylation is 2. The minimum Gasteiger partial charge on any atom is -0.451 e. The Bertz CT molecular complexity index is 935. The van der Waals surface area contributed by atoms with Crippen molar-refractivity contribution in [2.24, 2.45) is 0 Å². The van der Waals surface area contributed by atoms with Crippen molar-refractivity contribution in [2.75, 3.05) is 11.9 Å². The second kappa shape index (κ2) is 7.93. The molecule has 1 amide bonds. The second-order valence-corrected chi connectivity index (χ2v) is 6.74. The summed E-state index contributed by atoms with van der Waals surface area (Å²) in [5.41, 5.74) is 3.18. The largest absolute Gasteiger partial charge is 0.451 e. The molecule has 3 aromatic rings. The number of carbonyl (C=O) groups is 2. The number of anilines is 1. The van der Waals surface area contributed by atoms with Crippen LogP contribution >= 0.6 is 11.3 Å². The van der Waals surface area contributed by atoms with Crippen LogP contribution in [-0.2, 0) is 9.53 Å². The minimum absolute atomic E-state index is 0.342. The molecule has 6 heteroatoms. The van der Waals surface area contributed by atoms with Crippen LogP contribution in [-0.4, -0.2) is 23.5 Å². The van der Waals surface area contributed by atoms with Gasteiger partial charge < -0.3 is 10.1 Å². The van der Waals surface area contributed by atoms with Gasteiger partial charge in [-0.1, -0.05) is 48.5 Å². The lowest BCUT2D eigenvalue weighted by Crippen LogP contribution is -2.21. The van der Waals surface area contributed by atoms with Gasteiger partial charge in [0.1, 0.15) is 9.88 Å². The number of benzene rings is 2. The van der Waals surface area contributed by atoms with E-state index >= 15 is 0 Å². The number of para-hydroxylation sites is 1. The highest BCUT2D eigenvalue weighted by atomic mass is 32.1. The zero-order chi connectivity index (χ0) is 18.5. The summed E-state index contributed by atoms with van der Waals surface area (Å²) >= 11 is 1.26. The topological polar surface area (TPSA) is 68.3 Å². The predicted octanol–water partition coefficient (Wildman–Crippen LogP) is 4.22. The quantitative estimate of drug-likeness (QED) is 0.687. The Morgan fingerprint density at radius 1 is 1.04 bits per heavy atom. The Labute approximate surface area is 155 Å². The number of rotatable bonds is 5. The Morgan fingerprint density at radius 2 is 1.73 bits per heavy atom. The summed E-state index contributed by atoms with van der Waals surface area (Å²) in [6.45, 7) is 3.31. The van der Waals surface area contributed by atoms with E-state index in [1.165, 1.54) is 11.3 Å². The van der Waals surface area contributed by atoms with Gasteiger partial charge in [0.15, 0.2) is 6.61 Å². The van der Waals surface area contributed by atoms with E-state index in [9.17, 15) is 9.59 Å². The molecule has 0 atom stereocenters. The Balaban J connectivity index is 1.63. The van der Waals surface area contributed by atoms with Gasteiger partial charge in [-0.2, -0.15) is 0 Å². The third-order valence-corrected chi connectivity index (χ3v) is 4.94. The van der Waals surface area contributed by atoms with E-state index in [4.69, 9.17) is 4.74 Å². The van der Waals surface area contributed by atoms with Crippen molar-refractivity contribution >= 4 is 28.9 Å². The summed E-state index contributed by atoms with van der Waals surface area (Å²) in [5, 5.41) is 3.48. The van der Waals surface area contributed by atoms with E-state index < -0.39 is 5.97 Å². The van der Waals surface area contributed by atoms with E-state index in [1.54, 1.807) is 13.0 Å². The molecule has 0 saturated heterocycles. The molecular weight excluding hydrogens is 348 g/mol.